The Morgan fingerprint density at radius 1 is 1.50 bits per heavy atom. The molecule has 2 aromatic rings. The van der Waals surface area contributed by atoms with Crippen molar-refractivity contribution in [2.75, 3.05) is 0 Å². The molecule has 2 rings (SSSR count). The molecule has 0 spiro atoms. The molecule has 1 aromatic carbocycles. The SMILES string of the molecule is Cc1sc2cc(CO)ccc2c1C#N. The van der Waals surface area contributed by atoms with Crippen molar-refractivity contribution in [3.63, 3.8) is 0 Å². The van der Waals surface area contributed by atoms with Crippen LogP contribution in [0.1, 0.15) is 16.0 Å². The molecule has 0 radical (unpaired) electrons. The van der Waals surface area contributed by atoms with Gasteiger partial charge in [0.15, 0.2) is 0 Å². The number of benzene rings is 1. The zero-order valence-corrected chi connectivity index (χ0v) is 8.56. The lowest BCUT2D eigenvalue weighted by Crippen LogP contribution is -1.80. The van der Waals surface area contributed by atoms with E-state index in [4.69, 9.17) is 10.4 Å². The summed E-state index contributed by atoms with van der Waals surface area (Å²) in [5, 5.41) is 18.9. The Labute approximate surface area is 86.0 Å². The van der Waals surface area contributed by atoms with Gasteiger partial charge in [-0.25, -0.2) is 0 Å². The second-order valence-electron chi connectivity index (χ2n) is 3.13. The topological polar surface area (TPSA) is 44.0 Å². The number of thiophene rings is 1. The van der Waals surface area contributed by atoms with E-state index in [1.807, 2.05) is 25.1 Å². The lowest BCUT2D eigenvalue weighted by Gasteiger charge is -1.95. The minimum atomic E-state index is 0.0504. The van der Waals surface area contributed by atoms with E-state index in [-0.39, 0.29) is 6.61 Å². The molecule has 0 aliphatic rings. The molecule has 14 heavy (non-hydrogen) atoms. The van der Waals surface area contributed by atoms with E-state index < -0.39 is 0 Å². The number of nitrogens with zero attached hydrogens (tertiary/aromatic N) is 1. The van der Waals surface area contributed by atoms with Gasteiger partial charge in [0.25, 0.3) is 0 Å². The third-order valence-corrected chi connectivity index (χ3v) is 3.29. The first-order valence-corrected chi connectivity index (χ1v) is 5.11. The first-order valence-electron chi connectivity index (χ1n) is 4.29. The van der Waals surface area contributed by atoms with E-state index in [0.717, 1.165) is 26.1 Å². The van der Waals surface area contributed by atoms with Crippen molar-refractivity contribution in [3.05, 3.63) is 34.2 Å². The Bertz CT molecular complexity index is 522. The highest BCUT2D eigenvalue weighted by molar-refractivity contribution is 7.19. The van der Waals surface area contributed by atoms with Crippen molar-refractivity contribution in [2.45, 2.75) is 13.5 Å². The summed E-state index contributed by atoms with van der Waals surface area (Å²) in [5.74, 6) is 0. The van der Waals surface area contributed by atoms with Crippen LogP contribution in [0.2, 0.25) is 0 Å². The van der Waals surface area contributed by atoms with Gasteiger partial charge < -0.3 is 5.11 Å². The van der Waals surface area contributed by atoms with Crippen LogP contribution in [0.4, 0.5) is 0 Å². The average Bonchev–Trinajstić information content (AvgIpc) is 2.51. The first-order chi connectivity index (χ1) is 6.76. The number of aryl methyl sites for hydroxylation is 1. The number of fused-ring (bicyclic) bond motifs is 1. The molecule has 0 saturated heterocycles. The van der Waals surface area contributed by atoms with Crippen LogP contribution in [0.5, 0.6) is 0 Å². The van der Waals surface area contributed by atoms with E-state index in [0.29, 0.717) is 0 Å². The number of hydrogen-bond donors (Lipinski definition) is 1. The third-order valence-electron chi connectivity index (χ3n) is 2.22. The van der Waals surface area contributed by atoms with Crippen molar-refractivity contribution in [1.82, 2.24) is 0 Å². The smallest absolute Gasteiger partial charge is 0.101 e. The molecule has 0 atom stereocenters. The average molecular weight is 203 g/mol. The molecule has 0 bridgehead atoms. The van der Waals surface area contributed by atoms with Crippen LogP contribution in [0.25, 0.3) is 10.1 Å². The van der Waals surface area contributed by atoms with E-state index in [9.17, 15) is 0 Å². The van der Waals surface area contributed by atoms with Gasteiger partial charge in [-0.05, 0) is 18.6 Å². The monoisotopic (exact) mass is 203 g/mol. The number of rotatable bonds is 1. The Morgan fingerprint density at radius 2 is 2.29 bits per heavy atom. The number of aliphatic hydroxyl groups is 1. The molecule has 70 valence electrons. The van der Waals surface area contributed by atoms with Crippen molar-refractivity contribution in [1.29, 1.82) is 5.26 Å². The fraction of sp³-hybridized carbons (Fsp3) is 0.182. The minimum Gasteiger partial charge on any atom is -0.392 e. The molecule has 1 aromatic heterocycles. The Morgan fingerprint density at radius 3 is 2.93 bits per heavy atom. The second-order valence-corrected chi connectivity index (χ2v) is 4.39. The third kappa shape index (κ3) is 1.29. The summed E-state index contributed by atoms with van der Waals surface area (Å²) in [6, 6.07) is 7.90. The lowest BCUT2D eigenvalue weighted by molar-refractivity contribution is 0.282. The van der Waals surface area contributed by atoms with Gasteiger partial charge in [0.2, 0.25) is 0 Å². The summed E-state index contributed by atoms with van der Waals surface area (Å²) in [5.41, 5.74) is 1.65. The normalized spacial score (nSPS) is 10.4. The van der Waals surface area contributed by atoms with Crippen molar-refractivity contribution >= 4 is 21.4 Å². The summed E-state index contributed by atoms with van der Waals surface area (Å²) >= 11 is 1.60. The quantitative estimate of drug-likeness (QED) is 0.774. The molecule has 0 aliphatic heterocycles. The zero-order chi connectivity index (χ0) is 10.1. The second kappa shape index (κ2) is 3.41. The maximum absolute atomic E-state index is 8.97. The molecule has 3 heteroatoms. The Kier molecular flexibility index (Phi) is 2.24. The summed E-state index contributed by atoms with van der Waals surface area (Å²) in [7, 11) is 0. The van der Waals surface area contributed by atoms with Gasteiger partial charge in [0.05, 0.1) is 12.2 Å². The summed E-state index contributed by atoms with van der Waals surface area (Å²) in [6.45, 7) is 2.00. The predicted molar refractivity (Wildman–Crippen MR) is 57.2 cm³/mol. The molecule has 1 N–H and O–H groups in total. The van der Waals surface area contributed by atoms with E-state index in [1.165, 1.54) is 0 Å². The number of aliphatic hydroxyl groups excluding tert-OH is 1. The molecular weight excluding hydrogens is 194 g/mol. The maximum atomic E-state index is 8.97. The summed E-state index contributed by atoms with van der Waals surface area (Å²) in [4.78, 5) is 1.04. The van der Waals surface area contributed by atoms with Crippen LogP contribution in [0, 0.1) is 18.3 Å². The Hall–Kier alpha value is -1.37. The van der Waals surface area contributed by atoms with Crippen LogP contribution in [-0.2, 0) is 6.61 Å². The standard InChI is InChI=1S/C11H9NOS/c1-7-10(5-12)9-3-2-8(6-13)4-11(9)14-7/h2-4,13H,6H2,1H3. The Balaban J connectivity index is 2.76. The predicted octanol–water partition coefficient (Wildman–Crippen LogP) is 2.57. The molecule has 0 amide bonds. The van der Waals surface area contributed by atoms with Crippen LogP contribution >= 0.6 is 11.3 Å². The highest BCUT2D eigenvalue weighted by Gasteiger charge is 2.08. The van der Waals surface area contributed by atoms with Crippen molar-refractivity contribution in [2.24, 2.45) is 0 Å². The lowest BCUT2D eigenvalue weighted by atomic mass is 10.1. The van der Waals surface area contributed by atoms with Crippen LogP contribution < -0.4 is 0 Å². The molecule has 2 nitrogen and oxygen atoms in total. The molecule has 0 fully saturated rings. The molecule has 1 heterocycles. The summed E-state index contributed by atoms with van der Waals surface area (Å²) in [6.07, 6.45) is 0. The molecule has 0 unspecified atom stereocenters. The van der Waals surface area contributed by atoms with Gasteiger partial charge in [0, 0.05) is 15.0 Å². The van der Waals surface area contributed by atoms with Crippen LogP contribution in [0.3, 0.4) is 0 Å². The number of hydrogen-bond acceptors (Lipinski definition) is 3. The van der Waals surface area contributed by atoms with Gasteiger partial charge in [-0.1, -0.05) is 12.1 Å². The number of nitriles is 1. The van der Waals surface area contributed by atoms with Gasteiger partial charge in [0.1, 0.15) is 6.07 Å². The maximum Gasteiger partial charge on any atom is 0.101 e. The minimum absolute atomic E-state index is 0.0504. The van der Waals surface area contributed by atoms with Crippen molar-refractivity contribution in [3.8, 4) is 6.07 Å². The van der Waals surface area contributed by atoms with Gasteiger partial charge in [-0.15, -0.1) is 11.3 Å². The van der Waals surface area contributed by atoms with E-state index in [1.54, 1.807) is 11.3 Å². The highest BCUT2D eigenvalue weighted by Crippen LogP contribution is 2.30. The van der Waals surface area contributed by atoms with Gasteiger partial charge in [-0.2, -0.15) is 5.26 Å². The molecule has 0 aliphatic carbocycles. The van der Waals surface area contributed by atoms with Crippen LogP contribution in [-0.4, -0.2) is 5.11 Å². The van der Waals surface area contributed by atoms with Gasteiger partial charge in [-0.3, -0.25) is 0 Å². The van der Waals surface area contributed by atoms with E-state index in [2.05, 4.69) is 6.07 Å². The first kappa shape index (κ1) is 9.20. The van der Waals surface area contributed by atoms with Crippen molar-refractivity contribution < 1.29 is 5.11 Å². The van der Waals surface area contributed by atoms with Gasteiger partial charge >= 0.3 is 0 Å². The molecule has 0 saturated carbocycles. The highest BCUT2D eigenvalue weighted by atomic mass is 32.1. The fourth-order valence-electron chi connectivity index (χ4n) is 1.50. The largest absolute Gasteiger partial charge is 0.392 e. The summed E-state index contributed by atoms with van der Waals surface area (Å²) < 4.78 is 1.07. The van der Waals surface area contributed by atoms with E-state index >= 15 is 0 Å². The molecular formula is C11H9NOS. The fourth-order valence-corrected chi connectivity index (χ4v) is 2.58. The van der Waals surface area contributed by atoms with Crippen LogP contribution in [0.15, 0.2) is 18.2 Å². The zero-order valence-electron chi connectivity index (χ0n) is 7.74.